The fourth-order valence-electron chi connectivity index (χ4n) is 7.28. The van der Waals surface area contributed by atoms with Gasteiger partial charge in [0.15, 0.2) is 0 Å². The number of hydrogen-bond acceptors (Lipinski definition) is 6. The lowest BCUT2D eigenvalue weighted by atomic mass is 9.85. The smallest absolute Gasteiger partial charge is 0.316 e. The number of ether oxygens (including phenoxy) is 1. The first-order valence-electron chi connectivity index (χ1n) is 14.3. The van der Waals surface area contributed by atoms with Gasteiger partial charge in [0.05, 0.1) is 29.6 Å². The molecule has 2 aromatic carbocycles. The monoisotopic (exact) mass is 531 g/mol. The summed E-state index contributed by atoms with van der Waals surface area (Å²) in [4.78, 5) is 15.0. The van der Waals surface area contributed by atoms with Gasteiger partial charge in [0.1, 0.15) is 0 Å². The Balaban J connectivity index is 1.22. The van der Waals surface area contributed by atoms with Gasteiger partial charge in [-0.25, -0.2) is 0 Å². The van der Waals surface area contributed by atoms with E-state index in [2.05, 4.69) is 53.5 Å². The number of rotatable bonds is 7. The predicted octanol–water partition coefficient (Wildman–Crippen LogP) is 5.56. The molecule has 0 amide bonds. The van der Waals surface area contributed by atoms with E-state index in [1.165, 1.54) is 60.9 Å². The van der Waals surface area contributed by atoms with Crippen molar-refractivity contribution in [2.75, 3.05) is 38.7 Å². The van der Waals surface area contributed by atoms with Crippen LogP contribution in [0.15, 0.2) is 36.4 Å². The molecule has 2 saturated heterocycles. The van der Waals surface area contributed by atoms with E-state index in [0.717, 1.165) is 42.2 Å². The Morgan fingerprint density at radius 1 is 1.08 bits per heavy atom. The summed E-state index contributed by atoms with van der Waals surface area (Å²) in [5.41, 5.74) is 5.19. The van der Waals surface area contributed by atoms with Crippen LogP contribution in [0.3, 0.4) is 0 Å². The largest absolute Gasteiger partial charge is 0.463 e. The number of aromatic nitrogens is 2. The number of fused-ring (bicyclic) bond motifs is 4. The van der Waals surface area contributed by atoms with Crippen molar-refractivity contribution < 1.29 is 4.74 Å². The molecule has 2 bridgehead atoms. The first-order chi connectivity index (χ1) is 18.5. The van der Waals surface area contributed by atoms with Crippen molar-refractivity contribution in [1.29, 1.82) is 0 Å². The maximum Gasteiger partial charge on any atom is 0.316 e. The lowest BCUT2D eigenvalue weighted by Crippen LogP contribution is -2.39. The van der Waals surface area contributed by atoms with Crippen LogP contribution in [0.1, 0.15) is 61.4 Å². The van der Waals surface area contributed by atoms with Crippen molar-refractivity contribution >= 4 is 28.1 Å². The van der Waals surface area contributed by atoms with Gasteiger partial charge >= 0.3 is 6.01 Å². The Hall–Kier alpha value is -2.41. The highest BCUT2D eigenvalue weighted by atomic mass is 35.5. The summed E-state index contributed by atoms with van der Waals surface area (Å²) >= 11 is 6.71. The maximum atomic E-state index is 6.71. The zero-order valence-electron chi connectivity index (χ0n) is 22.5. The van der Waals surface area contributed by atoms with Gasteiger partial charge in [-0.2, -0.15) is 9.97 Å². The summed E-state index contributed by atoms with van der Waals surface area (Å²) in [6.45, 7) is 3.45. The van der Waals surface area contributed by atoms with Crippen LogP contribution < -0.4 is 15.0 Å². The summed E-state index contributed by atoms with van der Waals surface area (Å²) < 4.78 is 6.43. The van der Waals surface area contributed by atoms with Gasteiger partial charge in [-0.15, -0.1) is 0 Å². The van der Waals surface area contributed by atoms with E-state index in [-0.39, 0.29) is 5.41 Å². The fraction of sp³-hybridized carbons (Fsp3) is 0.548. The van der Waals surface area contributed by atoms with Gasteiger partial charge in [-0.05, 0) is 82.1 Å². The molecule has 3 aromatic rings. The predicted molar refractivity (Wildman–Crippen MR) is 153 cm³/mol. The minimum Gasteiger partial charge on any atom is -0.463 e. The van der Waals surface area contributed by atoms with Gasteiger partial charge in [0.25, 0.3) is 0 Å². The SMILES string of the molecule is CN(C)CC1(COc2nc3c(c(C4C[C@H]5CC[C@@H](C4)N5)n2)CCN(c2cccc4cccc(Cl)c24)C3)CC1. The van der Waals surface area contributed by atoms with Gasteiger partial charge < -0.3 is 19.9 Å². The number of nitrogens with one attached hydrogen (secondary N) is 1. The molecule has 3 atom stereocenters. The quantitative estimate of drug-likeness (QED) is 0.430. The zero-order valence-corrected chi connectivity index (χ0v) is 23.3. The maximum absolute atomic E-state index is 6.71. The molecule has 1 N–H and O–H groups in total. The number of anilines is 1. The Morgan fingerprint density at radius 3 is 2.58 bits per heavy atom. The van der Waals surface area contributed by atoms with Crippen LogP contribution in [0, 0.1) is 5.41 Å². The molecule has 38 heavy (non-hydrogen) atoms. The third kappa shape index (κ3) is 4.65. The highest BCUT2D eigenvalue weighted by Crippen LogP contribution is 2.46. The van der Waals surface area contributed by atoms with Gasteiger partial charge in [-0.3, -0.25) is 0 Å². The molecule has 0 radical (unpaired) electrons. The zero-order chi connectivity index (χ0) is 25.9. The Labute approximate surface area is 230 Å². The summed E-state index contributed by atoms with van der Waals surface area (Å²) in [6, 6.07) is 14.5. The number of hydrogen-bond donors (Lipinski definition) is 1. The summed E-state index contributed by atoms with van der Waals surface area (Å²) in [6.07, 6.45) is 8.32. The van der Waals surface area contributed by atoms with Gasteiger partial charge in [-0.1, -0.05) is 35.9 Å². The molecule has 6 nitrogen and oxygen atoms in total. The van der Waals surface area contributed by atoms with E-state index < -0.39 is 0 Å². The van der Waals surface area contributed by atoms with E-state index in [0.29, 0.717) is 30.6 Å². The van der Waals surface area contributed by atoms with E-state index in [1.54, 1.807) is 0 Å². The van der Waals surface area contributed by atoms with E-state index in [4.69, 9.17) is 26.3 Å². The van der Waals surface area contributed by atoms with Crippen molar-refractivity contribution in [3.05, 3.63) is 58.4 Å². The second kappa shape index (κ2) is 9.65. The van der Waals surface area contributed by atoms with Crippen molar-refractivity contribution in [2.24, 2.45) is 5.41 Å². The van der Waals surface area contributed by atoms with Crippen molar-refractivity contribution in [3.63, 3.8) is 0 Å². The van der Waals surface area contributed by atoms with Crippen molar-refractivity contribution in [3.8, 4) is 6.01 Å². The molecule has 3 aliphatic heterocycles. The molecule has 1 aromatic heterocycles. The molecular formula is C31H38ClN5O. The molecule has 3 fully saturated rings. The van der Waals surface area contributed by atoms with Crippen LogP contribution in [-0.2, 0) is 13.0 Å². The van der Waals surface area contributed by atoms with Crippen LogP contribution in [0.2, 0.25) is 5.02 Å². The molecule has 200 valence electrons. The van der Waals surface area contributed by atoms with Crippen molar-refractivity contribution in [1.82, 2.24) is 20.2 Å². The molecule has 7 rings (SSSR count). The lowest BCUT2D eigenvalue weighted by Gasteiger charge is -2.35. The number of piperidine rings is 1. The first-order valence-corrected chi connectivity index (χ1v) is 14.7. The van der Waals surface area contributed by atoms with E-state index in [1.807, 2.05) is 12.1 Å². The number of nitrogens with zero attached hydrogens (tertiary/aromatic N) is 4. The molecule has 1 aliphatic carbocycles. The summed E-state index contributed by atoms with van der Waals surface area (Å²) in [5, 5.41) is 6.91. The molecule has 0 spiro atoms. The number of benzene rings is 2. The van der Waals surface area contributed by atoms with Gasteiger partial charge in [0.2, 0.25) is 0 Å². The Morgan fingerprint density at radius 2 is 1.84 bits per heavy atom. The average Bonchev–Trinajstić information content (AvgIpc) is 3.59. The molecule has 4 heterocycles. The highest BCUT2D eigenvalue weighted by Gasteiger charge is 2.44. The van der Waals surface area contributed by atoms with E-state index in [9.17, 15) is 0 Å². The second-order valence-corrected chi connectivity index (χ2v) is 12.8. The van der Waals surface area contributed by atoms with Crippen LogP contribution >= 0.6 is 11.6 Å². The fourth-order valence-corrected chi connectivity index (χ4v) is 7.56. The molecule has 7 heteroatoms. The van der Waals surface area contributed by atoms with Crippen LogP contribution in [-0.4, -0.2) is 60.7 Å². The van der Waals surface area contributed by atoms with Gasteiger partial charge in [0, 0.05) is 47.6 Å². The number of halogens is 1. The third-order valence-electron chi connectivity index (χ3n) is 9.23. The van der Waals surface area contributed by atoms with Crippen LogP contribution in [0.25, 0.3) is 10.8 Å². The second-order valence-electron chi connectivity index (χ2n) is 12.4. The highest BCUT2D eigenvalue weighted by molar-refractivity contribution is 6.36. The lowest BCUT2D eigenvalue weighted by molar-refractivity contribution is 0.181. The molecule has 1 saturated carbocycles. The first kappa shape index (κ1) is 24.6. The average molecular weight is 532 g/mol. The Kier molecular flexibility index (Phi) is 6.25. The molecular weight excluding hydrogens is 494 g/mol. The normalized spacial score (nSPS) is 25.6. The third-order valence-corrected chi connectivity index (χ3v) is 9.54. The van der Waals surface area contributed by atoms with Crippen LogP contribution in [0.4, 0.5) is 5.69 Å². The molecule has 4 aliphatic rings. The van der Waals surface area contributed by atoms with E-state index >= 15 is 0 Å². The topological polar surface area (TPSA) is 53.5 Å². The minimum atomic E-state index is 0.253. The standard InChI is InChI=1S/C31H38ClN5O/c1-36(2)18-31(12-13-31)19-38-30-34-26-17-37(27-8-4-6-20-5-3-7-25(32)28(20)27)14-11-24(26)29(35-30)21-15-22-9-10-23(16-21)33-22/h3-8,21-23,33H,9-19H2,1-2H3/t21?,22-,23+. The minimum absolute atomic E-state index is 0.253. The van der Waals surface area contributed by atoms with Crippen molar-refractivity contribution in [2.45, 2.75) is 69.5 Å². The summed E-state index contributed by atoms with van der Waals surface area (Å²) in [5.74, 6) is 0.489. The summed E-state index contributed by atoms with van der Waals surface area (Å²) in [7, 11) is 4.29. The molecule has 1 unspecified atom stereocenters. The Bertz CT molecular complexity index is 1340. The van der Waals surface area contributed by atoms with Crippen LogP contribution in [0.5, 0.6) is 6.01 Å².